The van der Waals surface area contributed by atoms with Gasteiger partial charge >= 0.3 is 0 Å². The number of likely N-dealkylation sites (N-methyl/N-ethyl adjacent to an activating group) is 2. The number of azo groups is 2. The van der Waals surface area contributed by atoms with Crippen LogP contribution in [-0.2, 0) is 52.2 Å². The smallest absolute Gasteiger partial charge is 0.294 e. The highest BCUT2D eigenvalue weighted by molar-refractivity contribution is 7.89. The van der Waals surface area contributed by atoms with Crippen LogP contribution in [0.15, 0.2) is 200 Å². The van der Waals surface area contributed by atoms with Gasteiger partial charge in [0.05, 0.1) is 67.6 Å². The van der Waals surface area contributed by atoms with Crippen LogP contribution in [0.2, 0.25) is 0 Å². The van der Waals surface area contributed by atoms with Crippen molar-refractivity contribution in [3.8, 4) is 11.5 Å². The molecule has 5 N–H and O–H groups in total. The molecule has 0 aromatic heterocycles. The van der Waals surface area contributed by atoms with Crippen molar-refractivity contribution in [3.05, 3.63) is 201 Å². The lowest BCUT2D eigenvalue weighted by Crippen LogP contribution is -2.55. The molecular formula is C72H81N13O15S2. The van der Waals surface area contributed by atoms with Crippen LogP contribution in [0.1, 0.15) is 62.5 Å². The summed E-state index contributed by atoms with van der Waals surface area (Å²) in [6.45, 7) is 1.84. The predicted molar refractivity (Wildman–Crippen MR) is 381 cm³/mol. The van der Waals surface area contributed by atoms with Gasteiger partial charge in [-0.25, -0.2) is 8.42 Å². The highest BCUT2D eigenvalue weighted by Crippen LogP contribution is 2.35. The molecule has 7 aromatic carbocycles. The first-order chi connectivity index (χ1) is 49.0. The van der Waals surface area contributed by atoms with Crippen molar-refractivity contribution < 1.29 is 59.9 Å². The number of anilines is 2. The third kappa shape index (κ3) is 20.3. The number of nitrogens with one attached hydrogen (secondary N) is 4. The van der Waals surface area contributed by atoms with E-state index in [1.165, 1.54) is 60.7 Å². The third-order valence-electron chi connectivity index (χ3n) is 18.5. The summed E-state index contributed by atoms with van der Waals surface area (Å²) in [6.07, 6.45) is 5.35. The molecule has 30 heteroatoms. The van der Waals surface area contributed by atoms with Gasteiger partial charge < -0.3 is 40.5 Å². The molecule has 1 aliphatic heterocycles. The molecular weight excluding hydrogens is 1350 g/mol. The summed E-state index contributed by atoms with van der Waals surface area (Å²) in [7, 11) is -5.42. The number of ether oxygens (including phenoxy) is 2. The van der Waals surface area contributed by atoms with Crippen molar-refractivity contribution in [2.24, 2.45) is 44.1 Å². The second kappa shape index (κ2) is 34.7. The molecule has 0 bridgehead atoms. The zero-order valence-corrected chi connectivity index (χ0v) is 58.0. The number of carbonyl (C=O) groups excluding carboxylic acids is 4. The molecule has 0 unspecified atom stereocenters. The van der Waals surface area contributed by atoms with Crippen LogP contribution in [0.4, 0.5) is 45.5 Å². The number of nitro benzene ring substituents is 2. The summed E-state index contributed by atoms with van der Waals surface area (Å²) >= 11 is 0. The lowest BCUT2D eigenvalue weighted by Gasteiger charge is -2.33. The number of carbonyl (C=O) groups is 4. The Hall–Kier alpha value is -10.6. The zero-order chi connectivity index (χ0) is 72.3. The van der Waals surface area contributed by atoms with Gasteiger partial charge in [-0.1, -0.05) is 56.0 Å². The van der Waals surface area contributed by atoms with E-state index in [1.54, 1.807) is 0 Å². The van der Waals surface area contributed by atoms with E-state index in [9.17, 15) is 60.8 Å². The van der Waals surface area contributed by atoms with Crippen molar-refractivity contribution in [1.82, 2.24) is 25.6 Å². The second-order valence-electron chi connectivity index (χ2n) is 25.4. The molecule has 0 radical (unpaired) electrons. The number of nitro groups is 2. The van der Waals surface area contributed by atoms with Gasteiger partial charge in [-0.2, -0.15) is 33.2 Å². The maximum Gasteiger partial charge on any atom is 0.294 e. The Bertz CT molecular complexity index is 4140. The first-order valence-corrected chi connectivity index (χ1v) is 36.5. The van der Waals surface area contributed by atoms with Gasteiger partial charge in [0.15, 0.2) is 0 Å². The lowest BCUT2D eigenvalue weighted by atomic mass is 9.77. The molecule has 536 valence electrons. The summed E-state index contributed by atoms with van der Waals surface area (Å²) in [4.78, 5) is 81.0. The topological polar surface area (TPSA) is 369 Å². The zero-order valence-electron chi connectivity index (χ0n) is 56.4. The van der Waals surface area contributed by atoms with Gasteiger partial charge in [0, 0.05) is 99.6 Å². The normalized spacial score (nSPS) is 18.6. The van der Waals surface area contributed by atoms with Crippen LogP contribution in [0.5, 0.6) is 11.5 Å². The standard InChI is InChI=1S/C72H81N13O15S2/c1-81(55-26-18-51(19-27-55)77-79-53-22-30-57(31-23-53)84(90)91)42-44-99-59-34-14-49(15-35-59)38-40-73-69(86)63-10-3-5-12-65(63)71(88)75-67-47-83(101(94,95)61-8-7-9-62(46-61)102(96,97)98)48-68(67)76-72(89)66-13-6-4-11-64(66)70(87)74-41-39-50-16-36-60(37-17-50)100-45-43-82(2)56-28-20-52(21-29-56)78-80-54-24-32-58(33-25-54)85(92)93/h7-9,14-37,46,63-68H,3-6,10-13,38-45,47-48H2,1-2H3,(H,73,86)(H,74,87)(H,75,88)(H,76,89)(H,96,97,98)/t63-,64-,65-,66-,67+,68+/m1/s1. The summed E-state index contributed by atoms with van der Waals surface area (Å²) < 4.78 is 75.8. The SMILES string of the molecule is CN(CCOc1ccc(CCNC(=O)[C@@H]2CCCC[C@H]2C(=O)N[C@H]2CN(S(=O)(=O)c3cccc(S(=O)(=O)O)c3)C[C@@H]2NC(=O)[C@@H]2CCCC[C@H]2C(=O)NCCc2ccc(OCCN(C)c3ccc(N=Nc4ccc([N+](=O)[O-])cc4)cc3)cc2)cc1)c1ccc(N=Nc2ccc([N+](=O)[O-])cc2)cc1. The fourth-order valence-electron chi connectivity index (χ4n) is 12.6. The molecule has 2 aliphatic carbocycles. The molecule has 102 heavy (non-hydrogen) atoms. The van der Waals surface area contributed by atoms with E-state index in [0.29, 0.717) is 125 Å². The summed E-state index contributed by atoms with van der Waals surface area (Å²) in [5.74, 6) is -3.21. The minimum absolute atomic E-state index is 0.0271. The van der Waals surface area contributed by atoms with Gasteiger partial charge in [0.25, 0.3) is 21.5 Å². The van der Waals surface area contributed by atoms with Crippen LogP contribution in [-0.4, -0.2) is 138 Å². The highest BCUT2D eigenvalue weighted by atomic mass is 32.2. The molecule has 7 aromatic rings. The molecule has 3 aliphatic rings. The predicted octanol–water partition coefficient (Wildman–Crippen LogP) is 10.9. The van der Waals surface area contributed by atoms with Gasteiger partial charge in [0.2, 0.25) is 33.7 Å². The van der Waals surface area contributed by atoms with Crippen LogP contribution in [0.25, 0.3) is 0 Å². The number of non-ortho nitro benzene ring substituents is 2. The van der Waals surface area contributed by atoms with Crippen molar-refractivity contribution in [3.63, 3.8) is 0 Å². The van der Waals surface area contributed by atoms with Crippen LogP contribution in [0.3, 0.4) is 0 Å². The van der Waals surface area contributed by atoms with Crippen molar-refractivity contribution in [2.45, 2.75) is 86.1 Å². The van der Waals surface area contributed by atoms with Crippen molar-refractivity contribution in [2.75, 3.05) is 76.4 Å². The summed E-state index contributed by atoms with van der Waals surface area (Å²) in [6, 6.07) is 43.8. The number of rotatable bonds is 31. The summed E-state index contributed by atoms with van der Waals surface area (Å²) in [5, 5.41) is 50.7. The first-order valence-electron chi connectivity index (χ1n) is 33.7. The monoisotopic (exact) mass is 1430 g/mol. The number of hydrogen-bond acceptors (Lipinski definition) is 20. The molecule has 4 amide bonds. The van der Waals surface area contributed by atoms with Crippen LogP contribution >= 0.6 is 0 Å². The Morgan fingerprint density at radius 2 is 0.843 bits per heavy atom. The lowest BCUT2D eigenvalue weighted by molar-refractivity contribution is -0.385. The van der Waals surface area contributed by atoms with Gasteiger partial charge in [-0.05, 0) is 165 Å². The molecule has 3 fully saturated rings. The number of nitrogens with zero attached hydrogens (tertiary/aromatic N) is 9. The minimum atomic E-state index is -4.79. The summed E-state index contributed by atoms with van der Waals surface area (Å²) in [5.41, 5.74) is 5.91. The molecule has 1 heterocycles. The quantitative estimate of drug-likeness (QED) is 0.0117. The Morgan fingerprint density at radius 1 is 0.500 bits per heavy atom. The average Bonchev–Trinajstić information content (AvgIpc) is 1.56. The highest BCUT2D eigenvalue weighted by Gasteiger charge is 2.45. The molecule has 2 saturated carbocycles. The maximum absolute atomic E-state index is 14.6. The number of amides is 4. The van der Waals surface area contributed by atoms with Crippen LogP contribution in [0, 0.1) is 43.9 Å². The van der Waals surface area contributed by atoms with E-state index < -0.39 is 87.3 Å². The minimum Gasteiger partial charge on any atom is -0.492 e. The second-order valence-corrected chi connectivity index (χ2v) is 28.7. The molecule has 28 nitrogen and oxygen atoms in total. The Kier molecular flexibility index (Phi) is 25.2. The van der Waals surface area contributed by atoms with Crippen molar-refractivity contribution >= 4 is 89.3 Å². The fraction of sp³-hybridized carbons (Fsp3) is 0.361. The molecule has 1 saturated heterocycles. The van der Waals surface area contributed by atoms with E-state index in [2.05, 4.69) is 41.7 Å². The Labute approximate surface area is 591 Å². The van der Waals surface area contributed by atoms with Crippen molar-refractivity contribution in [1.29, 1.82) is 0 Å². The van der Waals surface area contributed by atoms with Gasteiger partial charge in [-0.15, -0.1) is 0 Å². The first kappa shape index (κ1) is 74.1. The largest absolute Gasteiger partial charge is 0.492 e. The van der Waals surface area contributed by atoms with Crippen LogP contribution < -0.4 is 40.5 Å². The van der Waals surface area contributed by atoms with E-state index in [-0.39, 0.29) is 49.4 Å². The third-order valence-corrected chi connectivity index (χ3v) is 21.2. The number of benzene rings is 7. The van der Waals surface area contributed by atoms with Gasteiger partial charge in [0.1, 0.15) is 24.7 Å². The average molecular weight is 1430 g/mol. The van der Waals surface area contributed by atoms with E-state index in [4.69, 9.17) is 9.47 Å². The number of sulfonamides is 1. The Morgan fingerprint density at radius 3 is 1.20 bits per heavy atom. The van der Waals surface area contributed by atoms with Gasteiger partial charge in [-0.3, -0.25) is 44.0 Å². The van der Waals surface area contributed by atoms with E-state index >= 15 is 0 Å². The maximum atomic E-state index is 14.6. The molecule has 10 rings (SSSR count). The number of hydrogen-bond donors (Lipinski definition) is 5. The molecule has 0 spiro atoms. The van der Waals surface area contributed by atoms with E-state index in [1.807, 2.05) is 121 Å². The molecule has 6 atom stereocenters. The Balaban J connectivity index is 0.690. The van der Waals surface area contributed by atoms with E-state index in [0.717, 1.165) is 38.9 Å². The fourth-order valence-corrected chi connectivity index (χ4v) is 14.8.